The first-order valence-corrected chi connectivity index (χ1v) is 26.2. The van der Waals surface area contributed by atoms with E-state index in [0.717, 1.165) is 57.8 Å². The van der Waals surface area contributed by atoms with Gasteiger partial charge in [-0.1, -0.05) is 175 Å². The molecule has 1 aromatic rings. The van der Waals surface area contributed by atoms with Crippen molar-refractivity contribution in [1.82, 2.24) is 5.32 Å². The van der Waals surface area contributed by atoms with Crippen LogP contribution >= 0.6 is 0 Å². The number of esters is 1. The van der Waals surface area contributed by atoms with Crippen molar-refractivity contribution in [2.45, 2.75) is 231 Å². The van der Waals surface area contributed by atoms with Crippen molar-refractivity contribution in [2.24, 2.45) is 0 Å². The molecule has 366 valence electrons. The highest BCUT2D eigenvalue weighted by atomic mass is 32.3. The summed E-state index contributed by atoms with van der Waals surface area (Å²) in [7, 11) is -2.33. The summed E-state index contributed by atoms with van der Waals surface area (Å²) >= 11 is 0. The predicted octanol–water partition coefficient (Wildman–Crippen LogP) is 11.6. The zero-order chi connectivity index (χ0) is 46.0. The van der Waals surface area contributed by atoms with Crippen LogP contribution in [0.15, 0.2) is 18.2 Å². The Bertz CT molecular complexity index is 1430. The normalized spacial score (nSPS) is 18.9. The Morgan fingerprint density at radius 3 is 1.56 bits per heavy atom. The SMILES string of the molecule is CCCCCCCCCCCCCC(=O)O[C@@H]1[C@H](NC(=O)c2ccc(OCCCCCCCCCC)c(OCCCCCCCCCC)c2)[C@@H](OC)O[C@H](COC)[C@H]1OS(=O)(=O)O. The first-order chi connectivity index (χ1) is 30.6. The van der Waals surface area contributed by atoms with Crippen LogP contribution in [-0.2, 0) is 38.3 Å². The molecule has 13 nitrogen and oxygen atoms in total. The molecule has 0 aliphatic carbocycles. The summed E-state index contributed by atoms with van der Waals surface area (Å²) in [4.78, 5) is 27.5. The lowest BCUT2D eigenvalue weighted by atomic mass is 9.96. The van der Waals surface area contributed by atoms with E-state index < -0.39 is 52.9 Å². The number of unbranched alkanes of at least 4 members (excludes halogenated alkanes) is 24. The number of nitrogens with one attached hydrogen (secondary N) is 1. The zero-order valence-corrected chi connectivity index (χ0v) is 40.7. The highest BCUT2D eigenvalue weighted by Crippen LogP contribution is 2.32. The van der Waals surface area contributed by atoms with Crippen molar-refractivity contribution in [3.05, 3.63) is 23.8 Å². The van der Waals surface area contributed by atoms with Gasteiger partial charge in [-0.05, 0) is 37.5 Å². The molecule has 1 heterocycles. The van der Waals surface area contributed by atoms with Crippen LogP contribution in [0, 0.1) is 0 Å². The Labute approximate surface area is 382 Å². The average Bonchev–Trinajstić information content (AvgIpc) is 3.26. The van der Waals surface area contributed by atoms with Crippen molar-refractivity contribution in [3.63, 3.8) is 0 Å². The predicted molar refractivity (Wildman–Crippen MR) is 249 cm³/mol. The number of benzene rings is 1. The van der Waals surface area contributed by atoms with Gasteiger partial charge in [-0.25, -0.2) is 4.18 Å². The van der Waals surface area contributed by atoms with E-state index in [2.05, 4.69) is 26.1 Å². The van der Waals surface area contributed by atoms with Crippen molar-refractivity contribution in [2.75, 3.05) is 34.0 Å². The zero-order valence-electron chi connectivity index (χ0n) is 39.9. The smallest absolute Gasteiger partial charge is 0.397 e. The second kappa shape index (κ2) is 35.7. The van der Waals surface area contributed by atoms with Crippen molar-refractivity contribution >= 4 is 22.3 Å². The minimum Gasteiger partial charge on any atom is -0.490 e. The number of amides is 1. The topological polar surface area (TPSA) is 165 Å². The van der Waals surface area contributed by atoms with Gasteiger partial charge in [0.15, 0.2) is 23.9 Å². The van der Waals surface area contributed by atoms with Crippen LogP contribution in [0.4, 0.5) is 0 Å². The van der Waals surface area contributed by atoms with Gasteiger partial charge in [-0.2, -0.15) is 8.42 Å². The molecule has 0 radical (unpaired) electrons. The quantitative estimate of drug-likeness (QED) is 0.0364. The summed E-state index contributed by atoms with van der Waals surface area (Å²) < 4.78 is 74.6. The largest absolute Gasteiger partial charge is 0.490 e. The van der Waals surface area contributed by atoms with Crippen LogP contribution in [0.3, 0.4) is 0 Å². The summed E-state index contributed by atoms with van der Waals surface area (Å²) in [6, 6.07) is 3.73. The van der Waals surface area contributed by atoms with Gasteiger partial charge >= 0.3 is 16.4 Å². The first-order valence-electron chi connectivity index (χ1n) is 24.8. The molecule has 2 N–H and O–H groups in total. The molecule has 0 aromatic heterocycles. The third-order valence-corrected chi connectivity index (χ3v) is 12.2. The van der Waals surface area contributed by atoms with Gasteiger partial charge < -0.3 is 33.7 Å². The highest BCUT2D eigenvalue weighted by Gasteiger charge is 2.51. The Morgan fingerprint density at radius 2 is 1.10 bits per heavy atom. The molecule has 5 atom stereocenters. The lowest BCUT2D eigenvalue weighted by Crippen LogP contribution is -2.66. The van der Waals surface area contributed by atoms with Crippen LogP contribution in [-0.4, -0.2) is 89.5 Å². The molecule has 1 aromatic carbocycles. The van der Waals surface area contributed by atoms with E-state index in [9.17, 15) is 22.6 Å². The van der Waals surface area contributed by atoms with Gasteiger partial charge in [0.2, 0.25) is 0 Å². The molecular formula is C49H87NO12S. The molecule has 0 unspecified atom stereocenters. The molecule has 1 saturated heterocycles. The van der Waals surface area contributed by atoms with Crippen LogP contribution in [0.5, 0.6) is 11.5 Å². The van der Waals surface area contributed by atoms with Crippen LogP contribution in [0.25, 0.3) is 0 Å². The van der Waals surface area contributed by atoms with Crippen LogP contribution in [0.1, 0.15) is 211 Å². The molecule has 0 bridgehead atoms. The second-order valence-corrected chi connectivity index (χ2v) is 18.3. The van der Waals surface area contributed by atoms with Crippen molar-refractivity contribution in [3.8, 4) is 11.5 Å². The van der Waals surface area contributed by atoms with E-state index in [0.29, 0.717) is 31.1 Å². The van der Waals surface area contributed by atoms with Gasteiger partial charge in [-0.15, -0.1) is 0 Å². The highest BCUT2D eigenvalue weighted by molar-refractivity contribution is 7.80. The molecular weight excluding hydrogens is 827 g/mol. The van der Waals surface area contributed by atoms with Gasteiger partial charge in [0.05, 0.1) is 19.8 Å². The molecule has 0 saturated carbocycles. The number of ether oxygens (including phenoxy) is 6. The van der Waals surface area contributed by atoms with E-state index in [-0.39, 0.29) is 18.6 Å². The summed E-state index contributed by atoms with van der Waals surface area (Å²) in [5.41, 5.74) is 0.229. The summed E-state index contributed by atoms with van der Waals surface area (Å²) in [5, 5.41) is 2.86. The summed E-state index contributed by atoms with van der Waals surface area (Å²) in [5.74, 6) is -0.208. The molecule has 1 fully saturated rings. The van der Waals surface area contributed by atoms with E-state index in [1.54, 1.807) is 18.2 Å². The van der Waals surface area contributed by atoms with Gasteiger partial charge in [-0.3, -0.25) is 14.1 Å². The maximum atomic E-state index is 14.1. The summed E-state index contributed by atoms with van der Waals surface area (Å²) in [6.07, 6.45) is 25.6. The molecule has 2 rings (SSSR count). The van der Waals surface area contributed by atoms with E-state index in [1.807, 2.05) is 0 Å². The Morgan fingerprint density at radius 1 is 0.635 bits per heavy atom. The number of rotatable bonds is 40. The molecule has 1 amide bonds. The minimum absolute atomic E-state index is 0.0696. The van der Waals surface area contributed by atoms with Crippen LogP contribution in [0.2, 0.25) is 0 Å². The summed E-state index contributed by atoms with van der Waals surface area (Å²) in [6.45, 7) is 7.45. The van der Waals surface area contributed by atoms with Crippen LogP contribution < -0.4 is 14.8 Å². The monoisotopic (exact) mass is 914 g/mol. The fourth-order valence-electron chi connectivity index (χ4n) is 8.05. The number of hydrogen-bond acceptors (Lipinski definition) is 11. The number of methoxy groups -OCH3 is 2. The third kappa shape index (κ3) is 25.7. The van der Waals surface area contributed by atoms with E-state index >= 15 is 0 Å². The third-order valence-electron chi connectivity index (χ3n) is 11.7. The molecule has 0 spiro atoms. The van der Waals surface area contributed by atoms with Crippen molar-refractivity contribution < 1.29 is 55.2 Å². The average molecular weight is 914 g/mol. The number of hydrogen-bond donors (Lipinski definition) is 2. The second-order valence-electron chi connectivity index (χ2n) is 17.3. The molecule has 14 heteroatoms. The lowest BCUT2D eigenvalue weighted by Gasteiger charge is -2.44. The Kier molecular flexibility index (Phi) is 32.1. The Balaban J connectivity index is 2.20. The molecule has 1 aliphatic rings. The Hall–Kier alpha value is -2.49. The fourth-order valence-corrected chi connectivity index (χ4v) is 8.56. The molecule has 1 aliphatic heterocycles. The number of carbonyl (C=O) groups excluding carboxylic acids is 2. The van der Waals surface area contributed by atoms with Gasteiger partial charge in [0.25, 0.3) is 5.91 Å². The standard InChI is InChI=1S/C49H87NO12S/c1-6-9-12-15-18-21-22-23-24-27-30-33-44(51)61-47-45(49(57-5)60-43(39-56-4)46(47)62-63(53,54)55)50-48(52)40-34-35-41(58-36-31-28-25-19-16-13-10-7-2)42(38-40)59-37-32-29-26-20-17-14-11-8-3/h34-35,38,43,45-47,49H,6-33,36-37,39H2,1-5H3,(H,50,52)(H,53,54,55)/t43-,45+,46-,47-,49+/m1/s1. The maximum Gasteiger partial charge on any atom is 0.397 e. The first kappa shape index (κ1) is 56.6. The van der Waals surface area contributed by atoms with Gasteiger partial charge in [0.1, 0.15) is 18.2 Å². The number of carbonyl (C=O) groups is 2. The van der Waals surface area contributed by atoms with Crippen molar-refractivity contribution in [1.29, 1.82) is 0 Å². The minimum atomic E-state index is -5.07. The molecule has 63 heavy (non-hydrogen) atoms. The maximum absolute atomic E-state index is 14.1. The lowest BCUT2D eigenvalue weighted by molar-refractivity contribution is -0.262. The van der Waals surface area contributed by atoms with E-state index in [4.69, 9.17) is 32.6 Å². The fraction of sp³-hybridized carbons (Fsp3) is 0.837. The van der Waals surface area contributed by atoms with E-state index in [1.165, 1.54) is 123 Å². The van der Waals surface area contributed by atoms with Gasteiger partial charge in [0, 0.05) is 26.2 Å².